The number of rotatable bonds is 9. The minimum absolute atomic E-state index is 0.0894. The normalized spacial score (nSPS) is 12.0. The lowest BCUT2D eigenvalue weighted by Gasteiger charge is -2.18. The minimum Gasteiger partial charge on any atom is -0.492 e. The largest absolute Gasteiger partial charge is 0.492 e. The van der Waals surface area contributed by atoms with Gasteiger partial charge in [0.1, 0.15) is 17.1 Å². The van der Waals surface area contributed by atoms with Crippen molar-refractivity contribution in [3.63, 3.8) is 0 Å². The number of hydrogen-bond donors (Lipinski definition) is 1. The molecule has 0 saturated carbocycles. The van der Waals surface area contributed by atoms with Crippen LogP contribution in [0.4, 0.5) is 0 Å². The third-order valence-electron chi connectivity index (χ3n) is 4.98. The molecule has 0 saturated heterocycles. The summed E-state index contributed by atoms with van der Waals surface area (Å²) < 4.78 is 11.8. The summed E-state index contributed by atoms with van der Waals surface area (Å²) in [4.78, 5) is 13.4. The molecule has 0 amide bonds. The molecule has 1 aromatic heterocycles. The second kappa shape index (κ2) is 9.88. The lowest BCUT2D eigenvalue weighted by Crippen LogP contribution is -2.28. The number of ketones is 1. The van der Waals surface area contributed by atoms with Crippen molar-refractivity contribution >= 4 is 28.4 Å². The van der Waals surface area contributed by atoms with E-state index in [0.717, 1.165) is 30.5 Å². The van der Waals surface area contributed by atoms with E-state index in [1.54, 1.807) is 18.2 Å². The zero-order valence-electron chi connectivity index (χ0n) is 19.0. The molecule has 31 heavy (non-hydrogen) atoms. The highest BCUT2D eigenvalue weighted by molar-refractivity contribution is 6.32. The van der Waals surface area contributed by atoms with Gasteiger partial charge >= 0.3 is 0 Å². The van der Waals surface area contributed by atoms with E-state index in [2.05, 4.69) is 26.1 Å². The number of ether oxygens (including phenoxy) is 1. The summed E-state index contributed by atoms with van der Waals surface area (Å²) >= 11 is 6.44. The summed E-state index contributed by atoms with van der Waals surface area (Å²) in [6.07, 6.45) is 0.881. The Hall–Kier alpha value is -2.30. The van der Waals surface area contributed by atoms with Crippen LogP contribution in [0.15, 0.2) is 46.9 Å². The van der Waals surface area contributed by atoms with E-state index in [9.17, 15) is 4.79 Å². The molecular weight excluding hydrogens is 410 g/mol. The number of nitrogens with one attached hydrogen (secondary N) is 1. The van der Waals surface area contributed by atoms with Gasteiger partial charge in [-0.1, -0.05) is 64.4 Å². The van der Waals surface area contributed by atoms with Gasteiger partial charge in [0.15, 0.2) is 5.78 Å². The summed E-state index contributed by atoms with van der Waals surface area (Å²) in [5.74, 6) is 1.30. The monoisotopic (exact) mass is 441 g/mol. The quantitative estimate of drug-likeness (QED) is 0.291. The maximum Gasteiger partial charge on any atom is 0.197 e. The molecule has 3 aromatic rings. The van der Waals surface area contributed by atoms with Crippen molar-refractivity contribution in [1.29, 1.82) is 0 Å². The van der Waals surface area contributed by atoms with Gasteiger partial charge in [-0.3, -0.25) is 4.79 Å². The van der Waals surface area contributed by atoms with Crippen molar-refractivity contribution < 1.29 is 13.9 Å². The topological polar surface area (TPSA) is 51.5 Å². The summed E-state index contributed by atoms with van der Waals surface area (Å²) in [6, 6.07) is 12.9. The Morgan fingerprint density at radius 2 is 1.90 bits per heavy atom. The number of carbonyl (C=O) groups is 1. The standard InChI is InChI=1S/C26H32ClNO3/c1-17(2)25-23(19-9-6-7-10-21(19)31-25)24(29)18-11-12-22(20(27)15-18)30-14-8-13-28-16-26(3,4)5/h6-7,9-12,15,17,28H,8,13-14,16H2,1-5H3. The van der Waals surface area contributed by atoms with E-state index in [0.29, 0.717) is 34.3 Å². The first-order valence-corrected chi connectivity index (χ1v) is 11.2. The summed E-state index contributed by atoms with van der Waals surface area (Å²) in [5.41, 5.74) is 2.13. The van der Waals surface area contributed by atoms with Crippen LogP contribution >= 0.6 is 11.6 Å². The van der Waals surface area contributed by atoms with Crippen molar-refractivity contribution in [2.24, 2.45) is 5.41 Å². The van der Waals surface area contributed by atoms with Crippen molar-refractivity contribution in [1.82, 2.24) is 5.32 Å². The smallest absolute Gasteiger partial charge is 0.197 e. The van der Waals surface area contributed by atoms with Crippen LogP contribution in [0, 0.1) is 5.41 Å². The molecule has 0 fully saturated rings. The lowest BCUT2D eigenvalue weighted by atomic mass is 9.96. The third-order valence-corrected chi connectivity index (χ3v) is 5.27. The Kier molecular flexibility index (Phi) is 7.45. The molecule has 0 aliphatic heterocycles. The maximum absolute atomic E-state index is 13.4. The first kappa shape index (κ1) is 23.4. The van der Waals surface area contributed by atoms with E-state index in [1.807, 2.05) is 38.1 Å². The van der Waals surface area contributed by atoms with E-state index in [1.165, 1.54) is 0 Å². The van der Waals surface area contributed by atoms with Gasteiger partial charge in [-0.15, -0.1) is 0 Å². The Morgan fingerprint density at radius 3 is 2.58 bits per heavy atom. The van der Waals surface area contributed by atoms with E-state index < -0.39 is 0 Å². The van der Waals surface area contributed by atoms with Crippen molar-refractivity contribution in [2.75, 3.05) is 19.7 Å². The van der Waals surface area contributed by atoms with Crippen LogP contribution in [0.5, 0.6) is 5.75 Å². The SMILES string of the molecule is CC(C)c1oc2ccccc2c1C(=O)c1ccc(OCCCNCC(C)(C)C)c(Cl)c1. The Labute approximate surface area is 189 Å². The predicted molar refractivity (Wildman–Crippen MR) is 128 cm³/mol. The number of benzene rings is 2. The average molecular weight is 442 g/mol. The fraction of sp³-hybridized carbons (Fsp3) is 0.423. The summed E-state index contributed by atoms with van der Waals surface area (Å²) in [6.45, 7) is 13.1. The van der Waals surface area contributed by atoms with Crippen LogP contribution < -0.4 is 10.1 Å². The molecule has 4 nitrogen and oxygen atoms in total. The molecule has 0 bridgehead atoms. The lowest BCUT2D eigenvalue weighted by molar-refractivity contribution is 0.103. The summed E-state index contributed by atoms with van der Waals surface area (Å²) in [7, 11) is 0. The zero-order chi connectivity index (χ0) is 22.6. The Balaban J connectivity index is 1.70. The van der Waals surface area contributed by atoms with Crippen molar-refractivity contribution in [3.05, 3.63) is 64.4 Å². The van der Waals surface area contributed by atoms with Crippen LogP contribution in [0.3, 0.4) is 0 Å². The highest BCUT2D eigenvalue weighted by Crippen LogP contribution is 2.34. The number of furan rings is 1. The van der Waals surface area contributed by atoms with Gasteiger partial charge in [0.05, 0.1) is 17.2 Å². The molecule has 0 radical (unpaired) electrons. The molecule has 2 aromatic carbocycles. The van der Waals surface area contributed by atoms with E-state index >= 15 is 0 Å². The molecule has 0 spiro atoms. The van der Waals surface area contributed by atoms with Crippen molar-refractivity contribution in [2.45, 2.75) is 47.0 Å². The van der Waals surface area contributed by atoms with Crippen LogP contribution in [0.1, 0.15) is 68.6 Å². The average Bonchev–Trinajstić information content (AvgIpc) is 3.10. The second-order valence-electron chi connectivity index (χ2n) is 9.41. The Bertz CT molecular complexity index is 1050. The first-order valence-electron chi connectivity index (χ1n) is 10.9. The number of hydrogen-bond acceptors (Lipinski definition) is 4. The highest BCUT2D eigenvalue weighted by atomic mass is 35.5. The van der Waals surface area contributed by atoms with Crippen LogP contribution in [0.25, 0.3) is 11.0 Å². The molecule has 0 aliphatic rings. The molecule has 166 valence electrons. The molecule has 5 heteroatoms. The number of carbonyl (C=O) groups excluding carboxylic acids is 1. The number of halogens is 1. The van der Waals surface area contributed by atoms with Crippen LogP contribution in [-0.4, -0.2) is 25.5 Å². The van der Waals surface area contributed by atoms with Gasteiger partial charge in [-0.25, -0.2) is 0 Å². The van der Waals surface area contributed by atoms with Gasteiger partial charge < -0.3 is 14.5 Å². The molecular formula is C26H32ClNO3. The number of para-hydroxylation sites is 1. The van der Waals surface area contributed by atoms with E-state index in [-0.39, 0.29) is 17.1 Å². The number of fused-ring (bicyclic) bond motifs is 1. The molecule has 0 atom stereocenters. The van der Waals surface area contributed by atoms with Crippen LogP contribution in [0.2, 0.25) is 5.02 Å². The minimum atomic E-state index is -0.0894. The summed E-state index contributed by atoms with van der Waals surface area (Å²) in [5, 5.41) is 4.69. The fourth-order valence-corrected chi connectivity index (χ4v) is 3.69. The molecule has 3 rings (SSSR count). The molecule has 1 N–H and O–H groups in total. The third kappa shape index (κ3) is 5.90. The second-order valence-corrected chi connectivity index (χ2v) is 9.81. The highest BCUT2D eigenvalue weighted by Gasteiger charge is 2.24. The zero-order valence-corrected chi connectivity index (χ0v) is 19.8. The Morgan fingerprint density at radius 1 is 1.16 bits per heavy atom. The maximum atomic E-state index is 13.4. The van der Waals surface area contributed by atoms with E-state index in [4.69, 9.17) is 20.8 Å². The van der Waals surface area contributed by atoms with Gasteiger partial charge in [0.2, 0.25) is 0 Å². The molecule has 0 unspecified atom stereocenters. The van der Waals surface area contributed by atoms with Crippen molar-refractivity contribution in [3.8, 4) is 5.75 Å². The fourth-order valence-electron chi connectivity index (χ4n) is 3.45. The predicted octanol–water partition coefficient (Wildman–Crippen LogP) is 6.85. The van der Waals surface area contributed by atoms with Gasteiger partial charge in [-0.05, 0) is 49.2 Å². The van der Waals surface area contributed by atoms with Gasteiger partial charge in [0.25, 0.3) is 0 Å². The van der Waals surface area contributed by atoms with Gasteiger partial charge in [-0.2, -0.15) is 0 Å². The molecule has 0 aliphatic carbocycles. The van der Waals surface area contributed by atoms with Gasteiger partial charge in [0, 0.05) is 16.9 Å². The molecule has 1 heterocycles. The first-order chi connectivity index (χ1) is 14.7. The van der Waals surface area contributed by atoms with Crippen LogP contribution in [-0.2, 0) is 0 Å².